The van der Waals surface area contributed by atoms with Crippen LogP contribution >= 0.6 is 0 Å². The second-order valence-corrected chi connectivity index (χ2v) is 7.01. The standard InChI is InChI=1S/C20H20F2N4O2/c21-20(22)6-9-25(10-7-20)19(28)15-11-14-5-8-26(18(14)24-12-15)16-3-1-13(2-4-16)17(23)27/h1-5,8,11-12,17,27H,6-7,9-10,23H2. The minimum atomic E-state index is -2.69. The van der Waals surface area contributed by atoms with E-state index >= 15 is 0 Å². The fourth-order valence-electron chi connectivity index (χ4n) is 3.40. The number of amides is 1. The van der Waals surface area contributed by atoms with Gasteiger partial charge in [-0.3, -0.25) is 4.79 Å². The van der Waals surface area contributed by atoms with Crippen LogP contribution in [0.1, 0.15) is 35.0 Å². The molecule has 3 aromatic rings. The number of rotatable bonds is 3. The lowest BCUT2D eigenvalue weighted by Gasteiger charge is -2.31. The minimum absolute atomic E-state index is 0.0459. The SMILES string of the molecule is NC(O)c1ccc(-n2ccc3cc(C(=O)N4CCC(F)(F)CC4)cnc32)cc1. The van der Waals surface area contributed by atoms with Gasteiger partial charge in [0.2, 0.25) is 0 Å². The average Bonchev–Trinajstić information content (AvgIpc) is 3.10. The molecule has 146 valence electrons. The molecule has 0 radical (unpaired) electrons. The molecule has 0 bridgehead atoms. The maximum Gasteiger partial charge on any atom is 0.255 e. The Labute approximate surface area is 160 Å². The first-order valence-corrected chi connectivity index (χ1v) is 9.02. The lowest BCUT2D eigenvalue weighted by molar-refractivity contribution is -0.0494. The van der Waals surface area contributed by atoms with Crippen molar-refractivity contribution in [2.45, 2.75) is 25.0 Å². The Morgan fingerprint density at radius 2 is 1.86 bits per heavy atom. The van der Waals surface area contributed by atoms with Gasteiger partial charge in [0.15, 0.2) is 0 Å². The molecule has 6 nitrogen and oxygen atoms in total. The predicted molar refractivity (Wildman–Crippen MR) is 100 cm³/mol. The zero-order valence-corrected chi connectivity index (χ0v) is 15.1. The van der Waals surface area contributed by atoms with Crippen molar-refractivity contribution in [2.24, 2.45) is 5.73 Å². The van der Waals surface area contributed by atoms with Gasteiger partial charge >= 0.3 is 0 Å². The van der Waals surface area contributed by atoms with Crippen molar-refractivity contribution in [1.82, 2.24) is 14.5 Å². The van der Waals surface area contributed by atoms with Gasteiger partial charge in [-0.25, -0.2) is 13.8 Å². The Bertz CT molecular complexity index is 1000. The molecule has 1 amide bonds. The molecule has 4 rings (SSSR count). The summed E-state index contributed by atoms with van der Waals surface area (Å²) < 4.78 is 28.5. The zero-order chi connectivity index (χ0) is 19.9. The molecular weight excluding hydrogens is 366 g/mol. The molecular formula is C20H20F2N4O2. The van der Waals surface area contributed by atoms with Crippen LogP contribution in [-0.4, -0.2) is 44.5 Å². The number of carbonyl (C=O) groups is 1. The number of nitrogens with zero attached hydrogens (tertiary/aromatic N) is 3. The highest BCUT2D eigenvalue weighted by Gasteiger charge is 2.35. The number of aromatic nitrogens is 2. The molecule has 1 atom stereocenters. The summed E-state index contributed by atoms with van der Waals surface area (Å²) in [5.74, 6) is -2.97. The number of fused-ring (bicyclic) bond motifs is 1. The molecule has 3 heterocycles. The fraction of sp³-hybridized carbons (Fsp3) is 0.300. The summed E-state index contributed by atoms with van der Waals surface area (Å²) in [5.41, 5.74) is 7.95. The normalized spacial score (nSPS) is 17.6. The molecule has 1 unspecified atom stereocenters. The van der Waals surface area contributed by atoms with Gasteiger partial charge in [0.1, 0.15) is 11.9 Å². The van der Waals surface area contributed by atoms with Gasteiger partial charge in [-0.1, -0.05) is 12.1 Å². The number of piperidine rings is 1. The summed E-state index contributed by atoms with van der Waals surface area (Å²) in [7, 11) is 0. The third-order valence-corrected chi connectivity index (χ3v) is 5.07. The molecule has 1 aromatic carbocycles. The molecule has 28 heavy (non-hydrogen) atoms. The first kappa shape index (κ1) is 18.5. The van der Waals surface area contributed by atoms with Crippen LogP contribution < -0.4 is 5.73 Å². The third-order valence-electron chi connectivity index (χ3n) is 5.07. The number of hydrogen-bond acceptors (Lipinski definition) is 4. The quantitative estimate of drug-likeness (QED) is 0.678. The highest BCUT2D eigenvalue weighted by molar-refractivity contribution is 5.97. The smallest absolute Gasteiger partial charge is 0.255 e. The van der Waals surface area contributed by atoms with Crippen LogP contribution in [0.5, 0.6) is 0 Å². The molecule has 1 fully saturated rings. The van der Waals surface area contributed by atoms with Crippen LogP contribution in [0, 0.1) is 0 Å². The second-order valence-electron chi connectivity index (χ2n) is 7.01. The van der Waals surface area contributed by atoms with Crippen molar-refractivity contribution in [3.8, 4) is 5.69 Å². The van der Waals surface area contributed by atoms with Crippen molar-refractivity contribution in [2.75, 3.05) is 13.1 Å². The molecule has 0 spiro atoms. The lowest BCUT2D eigenvalue weighted by atomic mass is 10.1. The summed E-state index contributed by atoms with van der Waals surface area (Å²) in [6, 6.07) is 10.7. The van der Waals surface area contributed by atoms with E-state index in [1.807, 2.05) is 29.0 Å². The number of aliphatic hydroxyl groups is 1. The third kappa shape index (κ3) is 3.48. The number of benzene rings is 1. The number of alkyl halides is 2. The summed E-state index contributed by atoms with van der Waals surface area (Å²) in [5, 5.41) is 10.2. The van der Waals surface area contributed by atoms with Gasteiger partial charge in [0.25, 0.3) is 11.8 Å². The fourth-order valence-corrected chi connectivity index (χ4v) is 3.40. The van der Waals surface area contributed by atoms with Crippen LogP contribution in [0.15, 0.2) is 48.8 Å². The van der Waals surface area contributed by atoms with Crippen molar-refractivity contribution in [1.29, 1.82) is 0 Å². The van der Waals surface area contributed by atoms with E-state index in [2.05, 4.69) is 4.98 Å². The second kappa shape index (κ2) is 6.96. The van der Waals surface area contributed by atoms with Crippen molar-refractivity contribution in [3.63, 3.8) is 0 Å². The van der Waals surface area contributed by atoms with Gasteiger partial charge < -0.3 is 20.3 Å². The molecule has 0 aliphatic carbocycles. The highest BCUT2D eigenvalue weighted by atomic mass is 19.3. The van der Waals surface area contributed by atoms with E-state index in [1.165, 1.54) is 11.1 Å². The minimum Gasteiger partial charge on any atom is -0.375 e. The summed E-state index contributed by atoms with van der Waals surface area (Å²) >= 11 is 0. The van der Waals surface area contributed by atoms with Crippen LogP contribution in [0.25, 0.3) is 16.7 Å². The monoisotopic (exact) mass is 386 g/mol. The summed E-state index contributed by atoms with van der Waals surface area (Å²) in [6.45, 7) is 0.0917. The Morgan fingerprint density at radius 3 is 2.50 bits per heavy atom. The number of likely N-dealkylation sites (tertiary alicyclic amines) is 1. The number of nitrogens with two attached hydrogens (primary N) is 1. The van der Waals surface area contributed by atoms with Gasteiger partial charge in [0.05, 0.1) is 5.56 Å². The van der Waals surface area contributed by atoms with E-state index in [1.54, 1.807) is 18.2 Å². The Hall–Kier alpha value is -2.84. The molecule has 1 aliphatic heterocycles. The van der Waals surface area contributed by atoms with E-state index in [9.17, 15) is 18.7 Å². The van der Waals surface area contributed by atoms with Crippen LogP contribution in [0.4, 0.5) is 8.78 Å². The Kier molecular flexibility index (Phi) is 4.60. The van der Waals surface area contributed by atoms with Crippen LogP contribution in [0.3, 0.4) is 0 Å². The zero-order valence-electron chi connectivity index (χ0n) is 15.1. The van der Waals surface area contributed by atoms with Crippen molar-refractivity contribution in [3.05, 3.63) is 59.9 Å². The number of hydrogen-bond donors (Lipinski definition) is 2. The van der Waals surface area contributed by atoms with Crippen molar-refractivity contribution < 1.29 is 18.7 Å². The largest absolute Gasteiger partial charge is 0.375 e. The van der Waals surface area contributed by atoms with Gasteiger partial charge in [-0.15, -0.1) is 0 Å². The van der Waals surface area contributed by atoms with Crippen LogP contribution in [0.2, 0.25) is 0 Å². The predicted octanol–water partition coefficient (Wildman–Crippen LogP) is 2.85. The molecule has 1 aliphatic rings. The van der Waals surface area contributed by atoms with Crippen molar-refractivity contribution >= 4 is 16.9 Å². The first-order chi connectivity index (χ1) is 13.3. The van der Waals surface area contributed by atoms with Crippen LogP contribution in [-0.2, 0) is 0 Å². The Morgan fingerprint density at radius 1 is 1.18 bits per heavy atom. The molecule has 3 N–H and O–H groups in total. The number of halogens is 2. The highest BCUT2D eigenvalue weighted by Crippen LogP contribution is 2.29. The molecule has 0 saturated carbocycles. The number of pyridine rings is 1. The van der Waals surface area contributed by atoms with E-state index in [0.717, 1.165) is 11.1 Å². The van der Waals surface area contributed by atoms with Gasteiger partial charge in [-0.2, -0.15) is 0 Å². The average molecular weight is 386 g/mol. The summed E-state index contributed by atoms with van der Waals surface area (Å²) in [4.78, 5) is 18.5. The molecule has 2 aromatic heterocycles. The first-order valence-electron chi connectivity index (χ1n) is 9.02. The van der Waals surface area contributed by atoms with Gasteiger partial charge in [0, 0.05) is 49.4 Å². The van der Waals surface area contributed by atoms with E-state index in [4.69, 9.17) is 5.73 Å². The molecule has 8 heteroatoms. The van der Waals surface area contributed by atoms with E-state index < -0.39 is 12.2 Å². The van der Waals surface area contributed by atoms with E-state index in [-0.39, 0.29) is 31.8 Å². The Balaban J connectivity index is 1.58. The maximum absolute atomic E-state index is 13.3. The number of carbonyl (C=O) groups excluding carboxylic acids is 1. The summed E-state index contributed by atoms with van der Waals surface area (Å²) in [6.07, 6.45) is 1.67. The van der Waals surface area contributed by atoms with E-state index in [0.29, 0.717) is 16.8 Å². The van der Waals surface area contributed by atoms with Gasteiger partial charge in [-0.05, 0) is 29.8 Å². The lowest BCUT2D eigenvalue weighted by Crippen LogP contribution is -2.42. The maximum atomic E-state index is 13.3. The number of aliphatic hydroxyl groups excluding tert-OH is 1. The topological polar surface area (TPSA) is 84.4 Å². The molecule has 1 saturated heterocycles.